The summed E-state index contributed by atoms with van der Waals surface area (Å²) in [7, 11) is 1.77. The fraction of sp³-hybridized carbons (Fsp3) is 0.455. The number of amides is 1. The van der Waals surface area contributed by atoms with E-state index in [1.165, 1.54) is 0 Å². The number of pyridine rings is 1. The Morgan fingerprint density at radius 2 is 2.31 bits per heavy atom. The molecule has 0 radical (unpaired) electrons. The standard InChI is InChI=1S/C11H14BrClN2O/c1-4-7(2)15(3)11(16)9-5-8(12)6-14-10(9)13/h5-7H,4H2,1-3H3. The van der Waals surface area contributed by atoms with E-state index in [0.717, 1.165) is 10.9 Å². The Morgan fingerprint density at radius 3 is 2.88 bits per heavy atom. The highest BCUT2D eigenvalue weighted by Gasteiger charge is 2.19. The van der Waals surface area contributed by atoms with E-state index in [1.54, 1.807) is 24.2 Å². The van der Waals surface area contributed by atoms with Crippen LogP contribution < -0.4 is 0 Å². The summed E-state index contributed by atoms with van der Waals surface area (Å²) in [6.45, 7) is 4.03. The molecule has 0 bridgehead atoms. The molecule has 1 aromatic heterocycles. The van der Waals surface area contributed by atoms with Gasteiger partial charge in [-0.25, -0.2) is 4.98 Å². The first kappa shape index (κ1) is 13.5. The highest BCUT2D eigenvalue weighted by atomic mass is 79.9. The summed E-state index contributed by atoms with van der Waals surface area (Å²) in [6.07, 6.45) is 2.48. The molecule has 0 aliphatic rings. The van der Waals surface area contributed by atoms with Crippen LogP contribution in [0.3, 0.4) is 0 Å². The predicted octanol–water partition coefficient (Wildman–Crippen LogP) is 3.37. The van der Waals surface area contributed by atoms with Crippen molar-refractivity contribution >= 4 is 33.4 Å². The summed E-state index contributed by atoms with van der Waals surface area (Å²) < 4.78 is 0.748. The number of halogens is 2. The summed E-state index contributed by atoms with van der Waals surface area (Å²) in [5.74, 6) is -0.104. The van der Waals surface area contributed by atoms with Crippen LogP contribution in [-0.2, 0) is 0 Å². The second-order valence-corrected chi connectivity index (χ2v) is 4.94. The van der Waals surface area contributed by atoms with Gasteiger partial charge in [0.15, 0.2) is 0 Å². The van der Waals surface area contributed by atoms with Crippen LogP contribution in [0, 0.1) is 0 Å². The van der Waals surface area contributed by atoms with E-state index in [9.17, 15) is 4.79 Å². The number of hydrogen-bond donors (Lipinski definition) is 0. The Hall–Kier alpha value is -0.610. The molecule has 1 rings (SSSR count). The summed E-state index contributed by atoms with van der Waals surface area (Å²) in [5.41, 5.74) is 0.429. The molecular formula is C11H14BrClN2O. The highest BCUT2D eigenvalue weighted by molar-refractivity contribution is 9.10. The molecule has 0 aromatic carbocycles. The minimum Gasteiger partial charge on any atom is -0.339 e. The van der Waals surface area contributed by atoms with Crippen molar-refractivity contribution < 1.29 is 4.79 Å². The van der Waals surface area contributed by atoms with E-state index in [1.807, 2.05) is 13.8 Å². The van der Waals surface area contributed by atoms with E-state index >= 15 is 0 Å². The lowest BCUT2D eigenvalue weighted by atomic mass is 10.2. The predicted molar refractivity (Wildman–Crippen MR) is 68.8 cm³/mol. The second-order valence-electron chi connectivity index (χ2n) is 3.67. The maximum Gasteiger partial charge on any atom is 0.257 e. The number of carbonyl (C=O) groups is 1. The molecule has 16 heavy (non-hydrogen) atoms. The Morgan fingerprint density at radius 1 is 1.69 bits per heavy atom. The average Bonchev–Trinajstić information content (AvgIpc) is 2.29. The molecule has 88 valence electrons. The van der Waals surface area contributed by atoms with Crippen molar-refractivity contribution in [2.75, 3.05) is 7.05 Å². The average molecular weight is 306 g/mol. The summed E-state index contributed by atoms with van der Waals surface area (Å²) in [6, 6.07) is 1.87. The van der Waals surface area contributed by atoms with Gasteiger partial charge in [0.2, 0.25) is 0 Å². The molecule has 0 N–H and O–H groups in total. The second kappa shape index (κ2) is 5.64. The first-order valence-electron chi connectivity index (χ1n) is 5.05. The van der Waals surface area contributed by atoms with Crippen molar-refractivity contribution in [3.63, 3.8) is 0 Å². The van der Waals surface area contributed by atoms with Crippen LogP contribution in [0.2, 0.25) is 5.15 Å². The Bertz CT molecular complexity index is 398. The Balaban J connectivity index is 3.00. The van der Waals surface area contributed by atoms with Crippen LogP contribution in [0.4, 0.5) is 0 Å². The molecule has 5 heteroatoms. The van der Waals surface area contributed by atoms with Crippen LogP contribution in [0.5, 0.6) is 0 Å². The SMILES string of the molecule is CCC(C)N(C)C(=O)c1cc(Br)cnc1Cl. The van der Waals surface area contributed by atoms with Crippen molar-refractivity contribution in [2.24, 2.45) is 0 Å². The quantitative estimate of drug-likeness (QED) is 0.802. The molecule has 1 amide bonds. The lowest BCUT2D eigenvalue weighted by Crippen LogP contribution is -2.34. The number of hydrogen-bond acceptors (Lipinski definition) is 2. The van der Waals surface area contributed by atoms with Gasteiger partial charge in [-0.05, 0) is 35.3 Å². The first-order chi connectivity index (χ1) is 7.47. The van der Waals surface area contributed by atoms with E-state index < -0.39 is 0 Å². The van der Waals surface area contributed by atoms with Gasteiger partial charge in [-0.1, -0.05) is 18.5 Å². The third kappa shape index (κ3) is 2.95. The fourth-order valence-electron chi connectivity index (χ4n) is 1.24. The number of carbonyl (C=O) groups excluding carboxylic acids is 1. The van der Waals surface area contributed by atoms with Crippen molar-refractivity contribution in [1.82, 2.24) is 9.88 Å². The molecule has 1 heterocycles. The molecule has 0 saturated heterocycles. The maximum absolute atomic E-state index is 12.1. The van der Waals surface area contributed by atoms with Gasteiger partial charge in [0, 0.05) is 23.8 Å². The van der Waals surface area contributed by atoms with E-state index in [0.29, 0.717) is 5.56 Å². The molecular weight excluding hydrogens is 291 g/mol. The molecule has 0 aliphatic heterocycles. The van der Waals surface area contributed by atoms with Crippen molar-refractivity contribution in [2.45, 2.75) is 26.3 Å². The van der Waals surface area contributed by atoms with Gasteiger partial charge in [0.25, 0.3) is 5.91 Å². The van der Waals surface area contributed by atoms with Gasteiger partial charge in [0.05, 0.1) is 5.56 Å². The van der Waals surface area contributed by atoms with E-state index in [4.69, 9.17) is 11.6 Å². The molecule has 0 aliphatic carbocycles. The molecule has 0 spiro atoms. The van der Waals surface area contributed by atoms with E-state index in [-0.39, 0.29) is 17.1 Å². The highest BCUT2D eigenvalue weighted by Crippen LogP contribution is 2.20. The molecule has 0 saturated carbocycles. The maximum atomic E-state index is 12.1. The fourth-order valence-corrected chi connectivity index (χ4v) is 1.75. The Labute approximate surface area is 109 Å². The van der Waals surface area contributed by atoms with Crippen LogP contribution in [0.25, 0.3) is 0 Å². The van der Waals surface area contributed by atoms with E-state index in [2.05, 4.69) is 20.9 Å². The van der Waals surface area contributed by atoms with Gasteiger partial charge in [-0.3, -0.25) is 4.79 Å². The Kier molecular flexibility index (Phi) is 4.74. The summed E-state index contributed by atoms with van der Waals surface area (Å²) in [5, 5.41) is 0.239. The number of aromatic nitrogens is 1. The first-order valence-corrected chi connectivity index (χ1v) is 6.22. The van der Waals surface area contributed by atoms with Crippen LogP contribution >= 0.6 is 27.5 Å². The zero-order chi connectivity index (χ0) is 12.3. The van der Waals surface area contributed by atoms with Gasteiger partial charge < -0.3 is 4.90 Å². The smallest absolute Gasteiger partial charge is 0.257 e. The van der Waals surface area contributed by atoms with Crippen LogP contribution in [0.1, 0.15) is 30.6 Å². The van der Waals surface area contributed by atoms with Crippen LogP contribution in [0.15, 0.2) is 16.7 Å². The van der Waals surface area contributed by atoms with Gasteiger partial charge in [0.1, 0.15) is 5.15 Å². The zero-order valence-electron chi connectivity index (χ0n) is 9.50. The minimum absolute atomic E-state index is 0.104. The molecule has 1 unspecified atom stereocenters. The third-order valence-corrected chi connectivity index (χ3v) is 3.34. The van der Waals surface area contributed by atoms with Crippen molar-refractivity contribution in [1.29, 1.82) is 0 Å². The normalized spacial score (nSPS) is 12.3. The monoisotopic (exact) mass is 304 g/mol. The third-order valence-electron chi connectivity index (χ3n) is 2.61. The molecule has 1 atom stereocenters. The van der Waals surface area contributed by atoms with Gasteiger partial charge >= 0.3 is 0 Å². The van der Waals surface area contributed by atoms with Gasteiger partial charge in [-0.15, -0.1) is 0 Å². The number of rotatable bonds is 3. The minimum atomic E-state index is -0.104. The topological polar surface area (TPSA) is 33.2 Å². The van der Waals surface area contributed by atoms with Crippen LogP contribution in [-0.4, -0.2) is 28.9 Å². The molecule has 3 nitrogen and oxygen atoms in total. The largest absolute Gasteiger partial charge is 0.339 e. The number of nitrogens with zero attached hydrogens (tertiary/aromatic N) is 2. The zero-order valence-corrected chi connectivity index (χ0v) is 11.8. The summed E-state index contributed by atoms with van der Waals surface area (Å²) in [4.78, 5) is 17.7. The van der Waals surface area contributed by atoms with Crippen molar-refractivity contribution in [3.8, 4) is 0 Å². The molecule has 0 fully saturated rings. The summed E-state index contributed by atoms with van der Waals surface area (Å²) >= 11 is 9.18. The lowest BCUT2D eigenvalue weighted by Gasteiger charge is -2.24. The molecule has 1 aromatic rings. The van der Waals surface area contributed by atoms with Gasteiger partial charge in [-0.2, -0.15) is 0 Å². The van der Waals surface area contributed by atoms with Crippen molar-refractivity contribution in [3.05, 3.63) is 27.5 Å². The lowest BCUT2D eigenvalue weighted by molar-refractivity contribution is 0.0740.